The van der Waals surface area contributed by atoms with E-state index in [-0.39, 0.29) is 5.79 Å². The number of allylic oxidation sites excluding steroid dienone is 1. The Hall–Kier alpha value is -0.340. The maximum absolute atomic E-state index is 5.64. The number of rotatable bonds is 12. The van der Waals surface area contributed by atoms with Crippen LogP contribution in [0.2, 0.25) is 0 Å². The van der Waals surface area contributed by atoms with Crippen LogP contribution in [0.5, 0.6) is 0 Å². The number of ether oxygens (including phenoxy) is 2. The van der Waals surface area contributed by atoms with Crippen LogP contribution in [-0.4, -0.2) is 19.0 Å². The molecule has 2 nitrogen and oxygen atoms in total. The van der Waals surface area contributed by atoms with Crippen LogP contribution >= 0.6 is 0 Å². The zero-order chi connectivity index (χ0) is 16.4. The molecule has 22 heavy (non-hydrogen) atoms. The first-order valence-corrected chi connectivity index (χ1v) is 9.36. The fraction of sp³-hybridized carbons (Fsp3) is 0.900. The van der Waals surface area contributed by atoms with Gasteiger partial charge in [-0.1, -0.05) is 58.6 Å². The van der Waals surface area contributed by atoms with Gasteiger partial charge in [0.05, 0.1) is 13.2 Å². The van der Waals surface area contributed by atoms with E-state index in [0.29, 0.717) is 0 Å². The van der Waals surface area contributed by atoms with Crippen molar-refractivity contribution in [1.82, 2.24) is 0 Å². The molecule has 1 atom stereocenters. The summed E-state index contributed by atoms with van der Waals surface area (Å²) in [6.45, 7) is 14.8. The number of hydrogen-bond donors (Lipinski definition) is 0. The minimum absolute atomic E-state index is 0.328. The van der Waals surface area contributed by atoms with Crippen molar-refractivity contribution in [2.45, 2.75) is 91.3 Å². The Bertz CT molecular complexity index is 303. The minimum Gasteiger partial charge on any atom is -0.348 e. The molecule has 0 bridgehead atoms. The van der Waals surface area contributed by atoms with E-state index in [0.717, 1.165) is 44.3 Å². The van der Waals surface area contributed by atoms with Crippen molar-refractivity contribution in [1.29, 1.82) is 0 Å². The van der Waals surface area contributed by atoms with Gasteiger partial charge in [-0.3, -0.25) is 0 Å². The molecule has 0 aromatic heterocycles. The Morgan fingerprint density at radius 3 is 2.18 bits per heavy atom. The zero-order valence-corrected chi connectivity index (χ0v) is 15.5. The molecule has 2 heteroatoms. The first-order chi connectivity index (χ1) is 10.4. The molecule has 130 valence electrons. The van der Waals surface area contributed by atoms with E-state index in [2.05, 4.69) is 34.3 Å². The Kier molecular flexibility index (Phi) is 9.35. The van der Waals surface area contributed by atoms with Crippen LogP contribution in [0.15, 0.2) is 12.2 Å². The molecule has 0 aromatic rings. The fourth-order valence-corrected chi connectivity index (χ4v) is 3.21. The molecule has 1 heterocycles. The van der Waals surface area contributed by atoms with E-state index in [4.69, 9.17) is 9.47 Å². The Balaban J connectivity index is 1.98. The minimum atomic E-state index is -0.328. The van der Waals surface area contributed by atoms with Crippen molar-refractivity contribution in [3.05, 3.63) is 12.2 Å². The predicted octanol–water partition coefficient (Wildman–Crippen LogP) is 6.11. The monoisotopic (exact) mass is 310 g/mol. The van der Waals surface area contributed by atoms with E-state index >= 15 is 0 Å². The molecule has 1 rings (SSSR count). The summed E-state index contributed by atoms with van der Waals surface area (Å²) < 4.78 is 11.3. The highest BCUT2D eigenvalue weighted by Gasteiger charge is 2.29. The molecular formula is C20H38O2. The van der Waals surface area contributed by atoms with Gasteiger partial charge in [-0.2, -0.15) is 0 Å². The van der Waals surface area contributed by atoms with E-state index < -0.39 is 0 Å². The second-order valence-corrected chi connectivity index (χ2v) is 7.76. The summed E-state index contributed by atoms with van der Waals surface area (Å²) in [5, 5.41) is 0. The number of hydrogen-bond acceptors (Lipinski definition) is 2. The summed E-state index contributed by atoms with van der Waals surface area (Å²) in [4.78, 5) is 0. The van der Waals surface area contributed by atoms with E-state index in [9.17, 15) is 0 Å². The van der Waals surface area contributed by atoms with E-state index in [1.165, 1.54) is 44.1 Å². The molecule has 0 radical (unpaired) electrons. The lowest BCUT2D eigenvalue weighted by Gasteiger charge is -2.22. The molecule has 0 aromatic carbocycles. The van der Waals surface area contributed by atoms with Crippen LogP contribution in [0.25, 0.3) is 0 Å². The maximum Gasteiger partial charge on any atom is 0.165 e. The summed E-state index contributed by atoms with van der Waals surface area (Å²) in [5.74, 6) is 1.39. The molecular weight excluding hydrogens is 272 g/mol. The normalized spacial score (nSPS) is 18.8. The van der Waals surface area contributed by atoms with Crippen molar-refractivity contribution < 1.29 is 9.47 Å². The van der Waals surface area contributed by atoms with Gasteiger partial charge in [-0.25, -0.2) is 0 Å². The van der Waals surface area contributed by atoms with Gasteiger partial charge in [-0.15, -0.1) is 0 Å². The predicted molar refractivity (Wildman–Crippen MR) is 95.0 cm³/mol. The first kappa shape index (κ1) is 19.7. The third kappa shape index (κ3) is 8.95. The molecule has 1 unspecified atom stereocenters. The van der Waals surface area contributed by atoms with Crippen molar-refractivity contribution in [2.24, 2.45) is 11.8 Å². The summed E-state index contributed by atoms with van der Waals surface area (Å²) in [7, 11) is 0. The Morgan fingerprint density at radius 1 is 0.955 bits per heavy atom. The third-order valence-electron chi connectivity index (χ3n) is 4.76. The lowest BCUT2D eigenvalue weighted by atomic mass is 9.94. The molecule has 0 spiro atoms. The molecule has 0 N–H and O–H groups in total. The largest absolute Gasteiger partial charge is 0.348 e. The molecule has 0 saturated carbocycles. The van der Waals surface area contributed by atoms with Crippen molar-refractivity contribution in [3.8, 4) is 0 Å². The van der Waals surface area contributed by atoms with Crippen LogP contribution < -0.4 is 0 Å². The highest BCUT2D eigenvalue weighted by molar-refractivity contribution is 4.94. The topological polar surface area (TPSA) is 18.5 Å². The second kappa shape index (κ2) is 10.4. The lowest BCUT2D eigenvalue weighted by molar-refractivity contribution is -0.147. The molecule has 1 saturated heterocycles. The van der Waals surface area contributed by atoms with Gasteiger partial charge in [0.25, 0.3) is 0 Å². The highest BCUT2D eigenvalue weighted by Crippen LogP contribution is 2.26. The van der Waals surface area contributed by atoms with E-state index in [1.54, 1.807) is 0 Å². The molecule has 0 aliphatic carbocycles. The van der Waals surface area contributed by atoms with Gasteiger partial charge in [0.2, 0.25) is 0 Å². The molecule has 1 aliphatic heterocycles. The van der Waals surface area contributed by atoms with Crippen molar-refractivity contribution in [3.63, 3.8) is 0 Å². The van der Waals surface area contributed by atoms with Gasteiger partial charge in [0.15, 0.2) is 5.79 Å². The Labute approximate surface area is 138 Å². The molecule has 0 amide bonds. The fourth-order valence-electron chi connectivity index (χ4n) is 3.21. The van der Waals surface area contributed by atoms with Crippen LogP contribution in [0.1, 0.15) is 85.5 Å². The highest BCUT2D eigenvalue weighted by atomic mass is 16.7. The summed E-state index contributed by atoms with van der Waals surface area (Å²) in [5.41, 5.74) is 1.40. The smallest absolute Gasteiger partial charge is 0.165 e. The first-order valence-electron chi connectivity index (χ1n) is 9.36. The second-order valence-electron chi connectivity index (χ2n) is 7.76. The van der Waals surface area contributed by atoms with E-state index in [1.807, 2.05) is 0 Å². The molecule has 1 fully saturated rings. The average Bonchev–Trinajstić information content (AvgIpc) is 2.85. The zero-order valence-electron chi connectivity index (χ0n) is 15.5. The van der Waals surface area contributed by atoms with Crippen LogP contribution in [-0.2, 0) is 9.47 Å². The van der Waals surface area contributed by atoms with Gasteiger partial charge in [0, 0.05) is 6.42 Å². The maximum atomic E-state index is 5.64. The van der Waals surface area contributed by atoms with Gasteiger partial charge in [0.1, 0.15) is 0 Å². The van der Waals surface area contributed by atoms with Crippen molar-refractivity contribution >= 4 is 0 Å². The van der Waals surface area contributed by atoms with Crippen LogP contribution in [0.3, 0.4) is 0 Å². The average molecular weight is 311 g/mol. The standard InChI is InChI=1S/C20H38O2/c1-17(2)9-6-10-18(3)11-7-12-19(4)13-8-14-20(5)21-15-16-22-20/h17-18H,4,6-16H2,1-3,5H3. The Morgan fingerprint density at radius 2 is 1.55 bits per heavy atom. The van der Waals surface area contributed by atoms with Gasteiger partial charge < -0.3 is 9.47 Å². The lowest BCUT2D eigenvalue weighted by Crippen LogP contribution is -2.25. The SMILES string of the molecule is C=C(CCCC(C)CCCC(C)C)CCCC1(C)OCCO1. The molecule has 1 aliphatic rings. The summed E-state index contributed by atoms with van der Waals surface area (Å²) >= 11 is 0. The third-order valence-corrected chi connectivity index (χ3v) is 4.76. The van der Waals surface area contributed by atoms with Crippen molar-refractivity contribution in [2.75, 3.05) is 13.2 Å². The summed E-state index contributed by atoms with van der Waals surface area (Å²) in [6.07, 6.45) is 11.2. The van der Waals surface area contributed by atoms with Crippen LogP contribution in [0, 0.1) is 11.8 Å². The van der Waals surface area contributed by atoms with Gasteiger partial charge in [-0.05, 0) is 44.4 Å². The van der Waals surface area contributed by atoms with Gasteiger partial charge >= 0.3 is 0 Å². The quantitative estimate of drug-likeness (QED) is 0.405. The van der Waals surface area contributed by atoms with Crippen LogP contribution in [0.4, 0.5) is 0 Å². The summed E-state index contributed by atoms with van der Waals surface area (Å²) in [6, 6.07) is 0.